The van der Waals surface area contributed by atoms with Gasteiger partial charge < -0.3 is 15.5 Å². The zero-order valence-corrected chi connectivity index (χ0v) is 12.5. The number of hydrogen-bond acceptors (Lipinski definition) is 4. The summed E-state index contributed by atoms with van der Waals surface area (Å²) in [6.07, 6.45) is 0.0293. The molecule has 0 amide bonds. The Morgan fingerprint density at radius 3 is 2.40 bits per heavy atom. The average molecular weight is 332 g/mol. The smallest absolute Gasteiger partial charge is 0.308 e. The van der Waals surface area contributed by atoms with Gasteiger partial charge in [0, 0.05) is 22.0 Å². The minimum atomic E-state index is -0.844. The van der Waals surface area contributed by atoms with Crippen LogP contribution in [-0.2, 0) is 17.8 Å². The Bertz CT molecular complexity index is 619. The zero-order valence-electron chi connectivity index (χ0n) is 10.2. The molecule has 2 rings (SSSR count). The summed E-state index contributed by atoms with van der Waals surface area (Å²) in [5.41, 5.74) is 0.686. The van der Waals surface area contributed by atoms with Crippen molar-refractivity contribution in [2.75, 3.05) is 5.32 Å². The highest BCUT2D eigenvalue weighted by atomic mass is 35.5. The molecule has 0 saturated carbocycles. The number of phenolic OH excluding ortho intramolecular Hbond substituents is 1. The fourth-order valence-corrected chi connectivity index (χ4v) is 3.05. The summed E-state index contributed by atoms with van der Waals surface area (Å²) in [4.78, 5) is 12.4. The third kappa shape index (κ3) is 3.79. The van der Waals surface area contributed by atoms with Crippen LogP contribution in [0.1, 0.15) is 9.75 Å². The topological polar surface area (TPSA) is 69.6 Å². The molecule has 0 saturated heterocycles. The van der Waals surface area contributed by atoms with E-state index >= 15 is 0 Å². The first-order chi connectivity index (χ1) is 9.45. The van der Waals surface area contributed by atoms with E-state index in [4.69, 9.17) is 28.3 Å². The lowest BCUT2D eigenvalue weighted by Gasteiger charge is -2.07. The number of nitrogens with one attached hydrogen (secondary N) is 1. The van der Waals surface area contributed by atoms with E-state index in [-0.39, 0.29) is 22.2 Å². The van der Waals surface area contributed by atoms with Gasteiger partial charge in [-0.3, -0.25) is 4.79 Å². The Hall–Kier alpha value is -1.43. The van der Waals surface area contributed by atoms with Crippen molar-refractivity contribution >= 4 is 46.2 Å². The molecule has 0 fully saturated rings. The van der Waals surface area contributed by atoms with E-state index in [1.54, 1.807) is 18.2 Å². The monoisotopic (exact) mass is 331 g/mol. The molecule has 106 valence electrons. The molecular formula is C13H11Cl2NO3S. The van der Waals surface area contributed by atoms with Crippen LogP contribution in [0.3, 0.4) is 0 Å². The summed E-state index contributed by atoms with van der Waals surface area (Å²) < 4.78 is 0. The standard InChI is InChI=1S/C13H11Cl2NO3S/c14-10-3-7(4-11(15)13(10)19)16-6-9-2-1-8(20-9)5-12(17)18/h1-4,16,19H,5-6H2,(H,17,18). The van der Waals surface area contributed by atoms with E-state index in [0.29, 0.717) is 12.2 Å². The second kappa shape index (κ2) is 6.35. The Kier molecular flexibility index (Phi) is 4.75. The lowest BCUT2D eigenvalue weighted by molar-refractivity contribution is -0.136. The van der Waals surface area contributed by atoms with Gasteiger partial charge in [0.15, 0.2) is 5.75 Å². The van der Waals surface area contributed by atoms with Crippen LogP contribution in [0.5, 0.6) is 5.75 Å². The highest BCUT2D eigenvalue weighted by molar-refractivity contribution is 7.12. The zero-order chi connectivity index (χ0) is 14.7. The fourth-order valence-electron chi connectivity index (χ4n) is 1.62. The Labute approximate surface area is 129 Å². The molecule has 4 nitrogen and oxygen atoms in total. The molecule has 1 aromatic carbocycles. The predicted octanol–water partition coefficient (Wildman–Crippen LogP) is 4.00. The second-order valence-electron chi connectivity index (χ2n) is 4.08. The number of carboxylic acids is 1. The first-order valence-corrected chi connectivity index (χ1v) is 7.24. The quantitative estimate of drug-likeness (QED) is 0.724. The molecule has 0 radical (unpaired) electrons. The Morgan fingerprint density at radius 1 is 1.20 bits per heavy atom. The molecule has 1 heterocycles. The van der Waals surface area contributed by atoms with Crippen LogP contribution in [0.25, 0.3) is 0 Å². The van der Waals surface area contributed by atoms with E-state index in [9.17, 15) is 9.90 Å². The van der Waals surface area contributed by atoms with Crippen molar-refractivity contribution in [3.63, 3.8) is 0 Å². The SMILES string of the molecule is O=C(O)Cc1ccc(CNc2cc(Cl)c(O)c(Cl)c2)s1. The number of phenols is 1. The van der Waals surface area contributed by atoms with Gasteiger partial charge in [-0.15, -0.1) is 11.3 Å². The van der Waals surface area contributed by atoms with Gasteiger partial charge in [-0.25, -0.2) is 0 Å². The number of halogens is 2. The highest BCUT2D eigenvalue weighted by Crippen LogP contribution is 2.34. The lowest BCUT2D eigenvalue weighted by Crippen LogP contribution is -1.98. The van der Waals surface area contributed by atoms with Crippen LogP contribution >= 0.6 is 34.5 Å². The maximum atomic E-state index is 10.6. The summed E-state index contributed by atoms with van der Waals surface area (Å²) >= 11 is 13.1. The molecule has 7 heteroatoms. The average Bonchev–Trinajstić information content (AvgIpc) is 2.80. The van der Waals surface area contributed by atoms with Gasteiger partial charge in [-0.05, 0) is 24.3 Å². The number of carboxylic acid groups (broad SMARTS) is 1. The minimum absolute atomic E-state index is 0.0293. The van der Waals surface area contributed by atoms with Gasteiger partial charge in [-0.2, -0.15) is 0 Å². The molecule has 0 aliphatic heterocycles. The number of aromatic hydroxyl groups is 1. The van der Waals surface area contributed by atoms with E-state index in [2.05, 4.69) is 5.32 Å². The van der Waals surface area contributed by atoms with Gasteiger partial charge in [0.05, 0.1) is 16.5 Å². The van der Waals surface area contributed by atoms with Crippen LogP contribution < -0.4 is 5.32 Å². The van der Waals surface area contributed by atoms with Crippen molar-refractivity contribution in [1.82, 2.24) is 0 Å². The minimum Gasteiger partial charge on any atom is -0.505 e. The molecule has 1 aromatic heterocycles. The van der Waals surface area contributed by atoms with Crippen LogP contribution in [0.4, 0.5) is 5.69 Å². The van der Waals surface area contributed by atoms with Crippen LogP contribution in [0.15, 0.2) is 24.3 Å². The second-order valence-corrected chi connectivity index (χ2v) is 6.15. The first kappa shape index (κ1) is 15.0. The molecular weight excluding hydrogens is 321 g/mol. The van der Waals surface area contributed by atoms with Crippen molar-refractivity contribution in [1.29, 1.82) is 0 Å². The van der Waals surface area contributed by atoms with Crippen molar-refractivity contribution in [2.24, 2.45) is 0 Å². The van der Waals surface area contributed by atoms with E-state index in [1.807, 2.05) is 6.07 Å². The maximum absolute atomic E-state index is 10.6. The van der Waals surface area contributed by atoms with E-state index < -0.39 is 5.97 Å². The summed E-state index contributed by atoms with van der Waals surface area (Å²) in [7, 11) is 0. The number of rotatable bonds is 5. The molecule has 0 atom stereocenters. The van der Waals surface area contributed by atoms with Crippen molar-refractivity contribution < 1.29 is 15.0 Å². The van der Waals surface area contributed by atoms with Gasteiger partial charge >= 0.3 is 5.97 Å². The van der Waals surface area contributed by atoms with Gasteiger partial charge in [0.2, 0.25) is 0 Å². The largest absolute Gasteiger partial charge is 0.505 e. The molecule has 0 spiro atoms. The molecule has 3 N–H and O–H groups in total. The molecule has 0 aliphatic rings. The van der Waals surface area contributed by atoms with Crippen LogP contribution in [0.2, 0.25) is 10.0 Å². The predicted molar refractivity (Wildman–Crippen MR) is 81.1 cm³/mol. The third-order valence-corrected chi connectivity index (χ3v) is 4.19. The molecule has 2 aromatic rings. The number of benzene rings is 1. The van der Waals surface area contributed by atoms with E-state index in [1.165, 1.54) is 11.3 Å². The normalized spacial score (nSPS) is 10.5. The molecule has 0 unspecified atom stereocenters. The van der Waals surface area contributed by atoms with Crippen molar-refractivity contribution in [3.8, 4) is 5.75 Å². The number of aliphatic carboxylic acids is 1. The lowest BCUT2D eigenvalue weighted by atomic mass is 10.3. The summed E-state index contributed by atoms with van der Waals surface area (Å²) in [5.74, 6) is -0.984. The number of anilines is 1. The summed E-state index contributed by atoms with van der Waals surface area (Å²) in [6, 6.07) is 6.83. The molecule has 20 heavy (non-hydrogen) atoms. The highest BCUT2D eigenvalue weighted by Gasteiger charge is 2.08. The Morgan fingerprint density at radius 2 is 1.80 bits per heavy atom. The number of carbonyl (C=O) groups is 1. The summed E-state index contributed by atoms with van der Waals surface area (Å²) in [5, 5.41) is 21.6. The third-order valence-electron chi connectivity index (χ3n) is 2.53. The van der Waals surface area contributed by atoms with Gasteiger partial charge in [0.25, 0.3) is 0 Å². The van der Waals surface area contributed by atoms with Crippen LogP contribution in [0, 0.1) is 0 Å². The number of hydrogen-bond donors (Lipinski definition) is 3. The van der Waals surface area contributed by atoms with Gasteiger partial charge in [0.1, 0.15) is 0 Å². The van der Waals surface area contributed by atoms with Crippen molar-refractivity contribution in [3.05, 3.63) is 44.1 Å². The van der Waals surface area contributed by atoms with Crippen LogP contribution in [-0.4, -0.2) is 16.2 Å². The number of thiophene rings is 1. The fraction of sp³-hybridized carbons (Fsp3) is 0.154. The molecule has 0 aliphatic carbocycles. The maximum Gasteiger partial charge on any atom is 0.308 e. The summed E-state index contributed by atoms with van der Waals surface area (Å²) in [6.45, 7) is 0.529. The molecule has 0 bridgehead atoms. The van der Waals surface area contributed by atoms with E-state index in [0.717, 1.165) is 9.75 Å². The van der Waals surface area contributed by atoms with Gasteiger partial charge in [-0.1, -0.05) is 23.2 Å². The first-order valence-electron chi connectivity index (χ1n) is 5.67. The van der Waals surface area contributed by atoms with Crippen molar-refractivity contribution in [2.45, 2.75) is 13.0 Å². The Balaban J connectivity index is 2.02.